The van der Waals surface area contributed by atoms with Crippen molar-refractivity contribution in [2.45, 2.75) is 10.9 Å². The summed E-state index contributed by atoms with van der Waals surface area (Å²) in [6.07, 6.45) is 0. The van der Waals surface area contributed by atoms with Crippen molar-refractivity contribution in [3.05, 3.63) is 99.3 Å². The molecule has 0 radical (unpaired) electrons. The lowest BCUT2D eigenvalue weighted by Gasteiger charge is -2.12. The number of nitrogens with zero attached hydrogens (tertiary/aromatic N) is 4. The Morgan fingerprint density at radius 3 is 2.50 bits per heavy atom. The predicted octanol–water partition coefficient (Wildman–Crippen LogP) is 5.63. The molecular formula is C23H14BrFN4O2S. The van der Waals surface area contributed by atoms with Crippen LogP contribution in [0.5, 0.6) is 0 Å². The fourth-order valence-corrected chi connectivity index (χ4v) is 4.30. The zero-order chi connectivity index (χ0) is 22.1. The fraction of sp³-hybridized carbons (Fsp3) is 0.0435. The van der Waals surface area contributed by atoms with Crippen molar-refractivity contribution in [2.24, 2.45) is 0 Å². The van der Waals surface area contributed by atoms with Crippen LogP contribution in [-0.4, -0.2) is 19.7 Å². The summed E-state index contributed by atoms with van der Waals surface area (Å²) in [5.74, 6) is 0.822. The standard InChI is InChI=1S/C23H14BrFN4O2S/c24-15-7-5-14(6-8-15)21-27-20(31-28-21)13-32-23-26-19-4-2-1-3-18(19)22(30)29(23)17-11-9-16(25)10-12-17/h1-12H,13H2. The third kappa shape index (κ3) is 4.09. The van der Waals surface area contributed by atoms with Crippen LogP contribution in [0.2, 0.25) is 0 Å². The highest BCUT2D eigenvalue weighted by Gasteiger charge is 2.16. The van der Waals surface area contributed by atoms with Gasteiger partial charge in [0.2, 0.25) is 11.7 Å². The van der Waals surface area contributed by atoms with Gasteiger partial charge in [-0.05, 0) is 60.7 Å². The van der Waals surface area contributed by atoms with E-state index >= 15 is 0 Å². The number of hydrogen-bond acceptors (Lipinski definition) is 6. The molecule has 5 aromatic rings. The average molecular weight is 509 g/mol. The molecule has 0 bridgehead atoms. The first-order chi connectivity index (χ1) is 15.6. The lowest BCUT2D eigenvalue weighted by atomic mass is 10.2. The quantitative estimate of drug-likeness (QED) is 0.226. The molecule has 9 heteroatoms. The van der Waals surface area contributed by atoms with Crippen LogP contribution in [0, 0.1) is 5.82 Å². The van der Waals surface area contributed by atoms with E-state index in [0.717, 1.165) is 10.0 Å². The molecule has 0 saturated heterocycles. The Morgan fingerprint density at radius 2 is 1.72 bits per heavy atom. The largest absolute Gasteiger partial charge is 0.338 e. The van der Waals surface area contributed by atoms with Gasteiger partial charge in [-0.15, -0.1) is 0 Å². The first kappa shape index (κ1) is 20.6. The van der Waals surface area contributed by atoms with Crippen LogP contribution in [0.4, 0.5) is 4.39 Å². The number of rotatable bonds is 5. The molecule has 6 nitrogen and oxygen atoms in total. The van der Waals surface area contributed by atoms with Crippen LogP contribution in [0.3, 0.4) is 0 Å². The van der Waals surface area contributed by atoms with E-state index in [0.29, 0.717) is 39.2 Å². The number of halogens is 2. The van der Waals surface area contributed by atoms with E-state index in [1.807, 2.05) is 30.3 Å². The van der Waals surface area contributed by atoms with Gasteiger partial charge in [-0.2, -0.15) is 4.98 Å². The molecule has 0 unspecified atom stereocenters. The lowest BCUT2D eigenvalue weighted by molar-refractivity contribution is 0.391. The van der Waals surface area contributed by atoms with Gasteiger partial charge in [0.15, 0.2) is 5.16 Å². The van der Waals surface area contributed by atoms with Gasteiger partial charge >= 0.3 is 0 Å². The molecule has 0 atom stereocenters. The van der Waals surface area contributed by atoms with Crippen molar-refractivity contribution in [2.75, 3.05) is 0 Å². The van der Waals surface area contributed by atoms with E-state index in [2.05, 4.69) is 31.1 Å². The van der Waals surface area contributed by atoms with Gasteiger partial charge in [-0.3, -0.25) is 9.36 Å². The van der Waals surface area contributed by atoms with Gasteiger partial charge in [-0.1, -0.05) is 45.0 Å². The van der Waals surface area contributed by atoms with Crippen molar-refractivity contribution in [3.63, 3.8) is 0 Å². The Labute approximate surface area is 194 Å². The van der Waals surface area contributed by atoms with Crippen LogP contribution in [0.15, 0.2) is 91.7 Å². The fourth-order valence-electron chi connectivity index (χ4n) is 3.18. The van der Waals surface area contributed by atoms with Gasteiger partial charge in [0, 0.05) is 10.0 Å². The molecule has 0 aliphatic heterocycles. The number of para-hydroxylation sites is 1. The molecule has 3 aromatic carbocycles. The topological polar surface area (TPSA) is 73.8 Å². The summed E-state index contributed by atoms with van der Waals surface area (Å²) in [4.78, 5) is 22.3. The minimum absolute atomic E-state index is 0.231. The Balaban J connectivity index is 1.50. The lowest BCUT2D eigenvalue weighted by Crippen LogP contribution is -2.21. The first-order valence-electron chi connectivity index (χ1n) is 9.57. The van der Waals surface area contributed by atoms with E-state index in [1.54, 1.807) is 30.3 Å². The Bertz CT molecular complexity index is 1470. The maximum Gasteiger partial charge on any atom is 0.266 e. The van der Waals surface area contributed by atoms with Crippen molar-refractivity contribution >= 4 is 38.6 Å². The number of aromatic nitrogens is 4. The Morgan fingerprint density at radius 1 is 0.969 bits per heavy atom. The molecule has 0 saturated carbocycles. The molecule has 0 aliphatic rings. The van der Waals surface area contributed by atoms with Gasteiger partial charge < -0.3 is 4.52 Å². The number of hydrogen-bond donors (Lipinski definition) is 0. The van der Waals surface area contributed by atoms with Crippen LogP contribution in [-0.2, 0) is 5.75 Å². The second-order valence-corrected chi connectivity index (χ2v) is 8.69. The summed E-state index contributed by atoms with van der Waals surface area (Å²) in [5, 5.41) is 4.97. The van der Waals surface area contributed by atoms with Crippen molar-refractivity contribution < 1.29 is 8.91 Å². The number of fused-ring (bicyclic) bond motifs is 1. The van der Waals surface area contributed by atoms with Crippen LogP contribution in [0.1, 0.15) is 5.89 Å². The zero-order valence-corrected chi connectivity index (χ0v) is 18.8. The maximum atomic E-state index is 13.5. The van der Waals surface area contributed by atoms with Crippen LogP contribution >= 0.6 is 27.7 Å². The molecule has 158 valence electrons. The minimum Gasteiger partial charge on any atom is -0.338 e. The van der Waals surface area contributed by atoms with Gasteiger partial charge in [0.25, 0.3) is 5.56 Å². The van der Waals surface area contributed by atoms with Crippen LogP contribution < -0.4 is 5.56 Å². The third-order valence-corrected chi connectivity index (χ3v) is 6.18. The van der Waals surface area contributed by atoms with Gasteiger partial charge in [0.1, 0.15) is 5.82 Å². The van der Waals surface area contributed by atoms with Crippen molar-refractivity contribution in [1.82, 2.24) is 19.7 Å². The zero-order valence-electron chi connectivity index (χ0n) is 16.4. The predicted molar refractivity (Wildman–Crippen MR) is 124 cm³/mol. The smallest absolute Gasteiger partial charge is 0.266 e. The summed E-state index contributed by atoms with van der Waals surface area (Å²) >= 11 is 4.70. The summed E-state index contributed by atoms with van der Waals surface area (Å²) < 4.78 is 21.3. The number of benzene rings is 3. The summed E-state index contributed by atoms with van der Waals surface area (Å²) in [7, 11) is 0. The van der Waals surface area contributed by atoms with E-state index in [-0.39, 0.29) is 11.4 Å². The molecule has 32 heavy (non-hydrogen) atoms. The summed E-state index contributed by atoms with van der Waals surface area (Å²) in [5.41, 5.74) is 1.71. The van der Waals surface area contributed by atoms with Crippen molar-refractivity contribution in [1.29, 1.82) is 0 Å². The molecule has 0 fully saturated rings. The van der Waals surface area contributed by atoms with E-state index in [9.17, 15) is 9.18 Å². The average Bonchev–Trinajstić information content (AvgIpc) is 3.28. The second kappa shape index (κ2) is 8.68. The van der Waals surface area contributed by atoms with Gasteiger partial charge in [-0.25, -0.2) is 9.37 Å². The molecule has 2 heterocycles. The van der Waals surface area contributed by atoms with E-state index < -0.39 is 0 Å². The summed E-state index contributed by atoms with van der Waals surface area (Å²) in [6.45, 7) is 0. The maximum absolute atomic E-state index is 13.5. The molecule has 0 spiro atoms. The molecule has 0 N–H and O–H groups in total. The second-order valence-electron chi connectivity index (χ2n) is 6.84. The highest BCUT2D eigenvalue weighted by atomic mass is 79.9. The van der Waals surface area contributed by atoms with Gasteiger partial charge in [0.05, 0.1) is 22.3 Å². The highest BCUT2D eigenvalue weighted by molar-refractivity contribution is 9.10. The Hall–Kier alpha value is -3.30. The van der Waals surface area contributed by atoms with Crippen molar-refractivity contribution in [3.8, 4) is 17.1 Å². The molecule has 0 amide bonds. The molecule has 2 aromatic heterocycles. The Kier molecular flexibility index (Phi) is 5.59. The van der Waals surface area contributed by atoms with Crippen LogP contribution in [0.25, 0.3) is 28.0 Å². The summed E-state index contributed by atoms with van der Waals surface area (Å²) in [6, 6.07) is 20.4. The molecule has 0 aliphatic carbocycles. The molecule has 5 rings (SSSR count). The SMILES string of the molecule is O=c1c2ccccc2nc(SCc2nc(-c3ccc(Br)cc3)no2)n1-c1ccc(F)cc1. The van der Waals surface area contributed by atoms with E-state index in [1.165, 1.54) is 28.5 Å². The normalized spacial score (nSPS) is 11.2. The monoisotopic (exact) mass is 508 g/mol. The first-order valence-corrected chi connectivity index (χ1v) is 11.4. The van der Waals surface area contributed by atoms with E-state index in [4.69, 9.17) is 4.52 Å². The highest BCUT2D eigenvalue weighted by Crippen LogP contribution is 2.26. The minimum atomic E-state index is -0.379. The third-order valence-electron chi connectivity index (χ3n) is 4.73. The molecular weight excluding hydrogens is 495 g/mol. The number of thioether (sulfide) groups is 1.